The van der Waals surface area contributed by atoms with Gasteiger partial charge in [-0.05, 0) is 36.8 Å². The summed E-state index contributed by atoms with van der Waals surface area (Å²) >= 11 is 0. The van der Waals surface area contributed by atoms with E-state index in [1.165, 1.54) is 5.56 Å². The summed E-state index contributed by atoms with van der Waals surface area (Å²) in [7, 11) is 1.64. The van der Waals surface area contributed by atoms with Crippen molar-refractivity contribution in [2.75, 3.05) is 7.11 Å². The lowest BCUT2D eigenvalue weighted by atomic mass is 10.2. The molecule has 0 atom stereocenters. The van der Waals surface area contributed by atoms with Crippen LogP contribution in [-0.2, 0) is 6.61 Å². The van der Waals surface area contributed by atoms with Gasteiger partial charge in [0.15, 0.2) is 0 Å². The molecule has 0 radical (unpaired) electrons. The molecular weight excluding hydrogens is 252 g/mol. The SMILES string of the molecule is COc1cccc(OCc2nc3ccc(C)cc3[nH]2)c1. The summed E-state index contributed by atoms with van der Waals surface area (Å²) in [4.78, 5) is 7.77. The third kappa shape index (κ3) is 2.59. The number of hydrogen-bond acceptors (Lipinski definition) is 3. The molecule has 2 aromatic carbocycles. The topological polar surface area (TPSA) is 47.1 Å². The Morgan fingerprint density at radius 3 is 2.80 bits per heavy atom. The van der Waals surface area contributed by atoms with Crippen molar-refractivity contribution >= 4 is 11.0 Å². The maximum Gasteiger partial charge on any atom is 0.146 e. The van der Waals surface area contributed by atoms with Crippen molar-refractivity contribution in [3.8, 4) is 11.5 Å². The zero-order chi connectivity index (χ0) is 13.9. The lowest BCUT2D eigenvalue weighted by Gasteiger charge is -2.05. The molecule has 0 amide bonds. The maximum atomic E-state index is 5.72. The van der Waals surface area contributed by atoms with Gasteiger partial charge >= 0.3 is 0 Å². The van der Waals surface area contributed by atoms with Gasteiger partial charge in [0, 0.05) is 6.07 Å². The molecule has 0 bridgehead atoms. The number of aromatic amines is 1. The minimum Gasteiger partial charge on any atom is -0.497 e. The molecule has 0 saturated heterocycles. The minimum absolute atomic E-state index is 0.404. The summed E-state index contributed by atoms with van der Waals surface area (Å²) < 4.78 is 10.9. The van der Waals surface area contributed by atoms with Gasteiger partial charge < -0.3 is 14.5 Å². The predicted octanol–water partition coefficient (Wildman–Crippen LogP) is 3.46. The normalized spacial score (nSPS) is 10.7. The molecule has 4 nitrogen and oxygen atoms in total. The highest BCUT2D eigenvalue weighted by Crippen LogP contribution is 2.20. The van der Waals surface area contributed by atoms with Crippen LogP contribution in [0.15, 0.2) is 42.5 Å². The third-order valence-corrected chi connectivity index (χ3v) is 3.10. The van der Waals surface area contributed by atoms with Gasteiger partial charge in [0.1, 0.15) is 23.9 Å². The molecule has 0 aliphatic carbocycles. The summed E-state index contributed by atoms with van der Waals surface area (Å²) in [5.41, 5.74) is 3.20. The number of rotatable bonds is 4. The molecule has 3 rings (SSSR count). The second kappa shape index (κ2) is 5.25. The van der Waals surface area contributed by atoms with E-state index in [1.54, 1.807) is 7.11 Å². The van der Waals surface area contributed by atoms with E-state index in [-0.39, 0.29) is 0 Å². The highest BCUT2D eigenvalue weighted by molar-refractivity contribution is 5.75. The number of benzene rings is 2. The molecule has 0 aliphatic rings. The van der Waals surface area contributed by atoms with E-state index in [4.69, 9.17) is 9.47 Å². The highest BCUT2D eigenvalue weighted by atomic mass is 16.5. The van der Waals surface area contributed by atoms with Gasteiger partial charge in [-0.3, -0.25) is 0 Å². The molecule has 0 spiro atoms. The van der Waals surface area contributed by atoms with Crippen molar-refractivity contribution in [2.45, 2.75) is 13.5 Å². The van der Waals surface area contributed by atoms with Crippen LogP contribution in [0.1, 0.15) is 11.4 Å². The average molecular weight is 268 g/mol. The number of imidazole rings is 1. The number of nitrogens with zero attached hydrogens (tertiary/aromatic N) is 1. The molecule has 0 unspecified atom stereocenters. The summed E-state index contributed by atoms with van der Waals surface area (Å²) in [6.45, 7) is 2.47. The smallest absolute Gasteiger partial charge is 0.146 e. The van der Waals surface area contributed by atoms with E-state index < -0.39 is 0 Å². The van der Waals surface area contributed by atoms with Gasteiger partial charge in [-0.25, -0.2) is 4.98 Å². The molecule has 102 valence electrons. The van der Waals surface area contributed by atoms with E-state index >= 15 is 0 Å². The maximum absolute atomic E-state index is 5.72. The van der Waals surface area contributed by atoms with Gasteiger partial charge in [0.2, 0.25) is 0 Å². The number of nitrogens with one attached hydrogen (secondary N) is 1. The molecule has 0 saturated carbocycles. The lowest BCUT2D eigenvalue weighted by Crippen LogP contribution is -1.97. The third-order valence-electron chi connectivity index (χ3n) is 3.10. The minimum atomic E-state index is 0.404. The molecule has 1 heterocycles. The van der Waals surface area contributed by atoms with Gasteiger partial charge in [-0.1, -0.05) is 12.1 Å². The number of methoxy groups -OCH3 is 1. The Balaban J connectivity index is 1.76. The second-order valence-corrected chi connectivity index (χ2v) is 4.67. The van der Waals surface area contributed by atoms with Crippen LogP contribution in [0.2, 0.25) is 0 Å². The van der Waals surface area contributed by atoms with Crippen LogP contribution in [0.4, 0.5) is 0 Å². The molecule has 0 aliphatic heterocycles. The zero-order valence-electron chi connectivity index (χ0n) is 11.5. The summed E-state index contributed by atoms with van der Waals surface area (Å²) in [6, 6.07) is 13.7. The quantitative estimate of drug-likeness (QED) is 0.788. The Hall–Kier alpha value is -2.49. The number of ether oxygens (including phenoxy) is 2. The van der Waals surface area contributed by atoms with Gasteiger partial charge in [-0.2, -0.15) is 0 Å². The largest absolute Gasteiger partial charge is 0.497 e. The molecule has 4 heteroatoms. The van der Waals surface area contributed by atoms with Crippen molar-refractivity contribution in [2.24, 2.45) is 0 Å². The van der Waals surface area contributed by atoms with Crippen LogP contribution in [0, 0.1) is 6.92 Å². The van der Waals surface area contributed by atoms with Crippen molar-refractivity contribution in [1.82, 2.24) is 9.97 Å². The molecule has 1 aromatic heterocycles. The van der Waals surface area contributed by atoms with E-state index in [0.717, 1.165) is 28.4 Å². The monoisotopic (exact) mass is 268 g/mol. The van der Waals surface area contributed by atoms with Crippen molar-refractivity contribution in [1.29, 1.82) is 0 Å². The number of H-pyrrole nitrogens is 1. The zero-order valence-corrected chi connectivity index (χ0v) is 11.5. The highest BCUT2D eigenvalue weighted by Gasteiger charge is 2.04. The van der Waals surface area contributed by atoms with Crippen LogP contribution in [0.3, 0.4) is 0 Å². The molecule has 0 fully saturated rings. The van der Waals surface area contributed by atoms with Gasteiger partial charge in [0.05, 0.1) is 18.1 Å². The first-order chi connectivity index (χ1) is 9.74. The van der Waals surface area contributed by atoms with Crippen molar-refractivity contribution in [3.05, 3.63) is 53.9 Å². The first-order valence-corrected chi connectivity index (χ1v) is 6.47. The average Bonchev–Trinajstić information content (AvgIpc) is 2.87. The van der Waals surface area contributed by atoms with Crippen LogP contribution >= 0.6 is 0 Å². The number of fused-ring (bicyclic) bond motifs is 1. The van der Waals surface area contributed by atoms with E-state index in [0.29, 0.717) is 6.61 Å². The molecule has 1 N–H and O–H groups in total. The first-order valence-electron chi connectivity index (χ1n) is 6.47. The second-order valence-electron chi connectivity index (χ2n) is 4.67. The fourth-order valence-corrected chi connectivity index (χ4v) is 2.09. The lowest BCUT2D eigenvalue weighted by molar-refractivity contribution is 0.295. The van der Waals surface area contributed by atoms with Crippen LogP contribution in [0.5, 0.6) is 11.5 Å². The number of aromatic nitrogens is 2. The molecular formula is C16H16N2O2. The summed E-state index contributed by atoms with van der Waals surface area (Å²) in [6.07, 6.45) is 0. The Morgan fingerprint density at radius 1 is 1.10 bits per heavy atom. The molecule has 3 aromatic rings. The van der Waals surface area contributed by atoms with E-state index in [1.807, 2.05) is 30.3 Å². The van der Waals surface area contributed by atoms with Crippen LogP contribution in [0.25, 0.3) is 11.0 Å². The Bertz CT molecular complexity index is 734. The fraction of sp³-hybridized carbons (Fsp3) is 0.188. The number of aryl methyl sites for hydroxylation is 1. The molecule has 20 heavy (non-hydrogen) atoms. The van der Waals surface area contributed by atoms with E-state index in [9.17, 15) is 0 Å². The standard InChI is InChI=1S/C16H16N2O2/c1-11-6-7-14-15(8-11)18-16(17-14)10-20-13-5-3-4-12(9-13)19-2/h3-9H,10H2,1-2H3,(H,17,18). The van der Waals surface area contributed by atoms with Crippen LogP contribution in [-0.4, -0.2) is 17.1 Å². The Kier molecular flexibility index (Phi) is 3.29. The Labute approximate surface area is 117 Å². The van der Waals surface area contributed by atoms with E-state index in [2.05, 4.69) is 29.0 Å². The van der Waals surface area contributed by atoms with Gasteiger partial charge in [0.25, 0.3) is 0 Å². The summed E-state index contributed by atoms with van der Waals surface area (Å²) in [5.74, 6) is 2.36. The fourth-order valence-electron chi connectivity index (χ4n) is 2.09. The predicted molar refractivity (Wildman–Crippen MR) is 78.2 cm³/mol. The van der Waals surface area contributed by atoms with Crippen molar-refractivity contribution in [3.63, 3.8) is 0 Å². The summed E-state index contributed by atoms with van der Waals surface area (Å²) in [5, 5.41) is 0. The van der Waals surface area contributed by atoms with Gasteiger partial charge in [-0.15, -0.1) is 0 Å². The van der Waals surface area contributed by atoms with Crippen LogP contribution < -0.4 is 9.47 Å². The number of hydrogen-bond donors (Lipinski definition) is 1. The van der Waals surface area contributed by atoms with Crippen molar-refractivity contribution < 1.29 is 9.47 Å². The first kappa shape index (κ1) is 12.5. The Morgan fingerprint density at radius 2 is 1.95 bits per heavy atom.